The molecule has 2 nitrogen and oxygen atoms in total. The lowest BCUT2D eigenvalue weighted by atomic mass is 9.85. The summed E-state index contributed by atoms with van der Waals surface area (Å²) in [6.45, 7) is 5.28. The van der Waals surface area contributed by atoms with Crippen molar-refractivity contribution in [2.75, 3.05) is 13.7 Å². The lowest BCUT2D eigenvalue weighted by Crippen LogP contribution is -2.42. The highest BCUT2D eigenvalue weighted by Crippen LogP contribution is 2.34. The van der Waals surface area contributed by atoms with E-state index in [1.54, 1.807) is 0 Å². The van der Waals surface area contributed by atoms with Crippen LogP contribution in [0.15, 0.2) is 24.3 Å². The van der Waals surface area contributed by atoms with Crippen molar-refractivity contribution in [1.82, 2.24) is 5.32 Å². The zero-order valence-electron chi connectivity index (χ0n) is 11.8. The van der Waals surface area contributed by atoms with Gasteiger partial charge in [0.15, 0.2) is 0 Å². The van der Waals surface area contributed by atoms with Crippen LogP contribution in [0.2, 0.25) is 0 Å². The molecule has 0 amide bonds. The van der Waals surface area contributed by atoms with Gasteiger partial charge >= 0.3 is 0 Å². The quantitative estimate of drug-likeness (QED) is 0.882. The molecule has 0 radical (unpaired) electrons. The van der Waals surface area contributed by atoms with Gasteiger partial charge in [-0.2, -0.15) is 0 Å². The van der Waals surface area contributed by atoms with Crippen LogP contribution in [-0.4, -0.2) is 19.7 Å². The van der Waals surface area contributed by atoms with Crippen molar-refractivity contribution >= 4 is 0 Å². The van der Waals surface area contributed by atoms with E-state index in [0.717, 1.165) is 25.9 Å². The molecule has 2 unspecified atom stereocenters. The van der Waals surface area contributed by atoms with Gasteiger partial charge in [0.1, 0.15) is 0 Å². The van der Waals surface area contributed by atoms with E-state index in [1.807, 2.05) is 7.05 Å². The van der Waals surface area contributed by atoms with Crippen LogP contribution in [0.5, 0.6) is 0 Å². The summed E-state index contributed by atoms with van der Waals surface area (Å²) < 4.78 is 6.04. The van der Waals surface area contributed by atoms with Crippen molar-refractivity contribution in [2.24, 2.45) is 0 Å². The summed E-state index contributed by atoms with van der Waals surface area (Å²) in [6, 6.07) is 9.54. The van der Waals surface area contributed by atoms with Crippen LogP contribution in [0, 0.1) is 0 Å². The Morgan fingerprint density at radius 3 is 2.67 bits per heavy atom. The topological polar surface area (TPSA) is 21.3 Å². The number of hydrogen-bond acceptors (Lipinski definition) is 2. The minimum absolute atomic E-state index is 0.128. The number of benzene rings is 1. The second-order valence-corrected chi connectivity index (χ2v) is 5.50. The van der Waals surface area contributed by atoms with Crippen LogP contribution in [0.4, 0.5) is 0 Å². The Labute approximate surface area is 111 Å². The van der Waals surface area contributed by atoms with E-state index in [0.29, 0.717) is 6.04 Å². The first kappa shape index (κ1) is 13.6. The van der Waals surface area contributed by atoms with Gasteiger partial charge in [-0.25, -0.2) is 0 Å². The van der Waals surface area contributed by atoms with Gasteiger partial charge in [-0.1, -0.05) is 37.6 Å². The molecule has 1 fully saturated rings. The van der Waals surface area contributed by atoms with Gasteiger partial charge in [-0.15, -0.1) is 0 Å². The lowest BCUT2D eigenvalue weighted by molar-refractivity contribution is -0.0804. The van der Waals surface area contributed by atoms with Gasteiger partial charge in [0.2, 0.25) is 0 Å². The predicted octanol–water partition coefficient (Wildman–Crippen LogP) is 3.25. The maximum absolute atomic E-state index is 6.04. The molecule has 1 aliphatic rings. The Bertz CT molecular complexity index is 373. The Morgan fingerprint density at radius 1 is 1.33 bits per heavy atom. The van der Waals surface area contributed by atoms with Gasteiger partial charge in [-0.3, -0.25) is 0 Å². The molecule has 1 aliphatic heterocycles. The van der Waals surface area contributed by atoms with Crippen molar-refractivity contribution in [3.8, 4) is 0 Å². The van der Waals surface area contributed by atoms with Crippen LogP contribution in [0.1, 0.15) is 44.2 Å². The fourth-order valence-corrected chi connectivity index (χ4v) is 2.82. The van der Waals surface area contributed by atoms with Gasteiger partial charge in [0.05, 0.1) is 5.60 Å². The third-order valence-corrected chi connectivity index (χ3v) is 4.03. The third-order valence-electron chi connectivity index (χ3n) is 4.03. The Kier molecular flexibility index (Phi) is 4.41. The third kappa shape index (κ3) is 2.93. The van der Waals surface area contributed by atoms with Crippen LogP contribution in [-0.2, 0) is 16.8 Å². The minimum atomic E-state index is -0.128. The number of rotatable bonds is 4. The lowest BCUT2D eigenvalue weighted by Gasteiger charge is -2.38. The summed E-state index contributed by atoms with van der Waals surface area (Å²) in [6.07, 6.45) is 4.53. The highest BCUT2D eigenvalue weighted by molar-refractivity contribution is 5.27. The highest BCUT2D eigenvalue weighted by Gasteiger charge is 2.34. The molecule has 18 heavy (non-hydrogen) atoms. The van der Waals surface area contributed by atoms with Gasteiger partial charge < -0.3 is 10.1 Å². The molecule has 1 heterocycles. The van der Waals surface area contributed by atoms with Gasteiger partial charge in [0.25, 0.3) is 0 Å². The first-order chi connectivity index (χ1) is 8.68. The molecular weight excluding hydrogens is 222 g/mol. The molecular formula is C16H25NO. The standard InChI is InChI=1S/C16H25NO/c1-4-5-13-6-8-14(9-7-13)16(2)12-15(17-3)10-11-18-16/h6-9,15,17H,4-5,10-12H2,1-3H3. The molecule has 0 bridgehead atoms. The summed E-state index contributed by atoms with van der Waals surface area (Å²) in [7, 11) is 2.04. The number of aryl methyl sites for hydroxylation is 1. The van der Waals surface area contributed by atoms with Crippen LogP contribution in [0.3, 0.4) is 0 Å². The van der Waals surface area contributed by atoms with Gasteiger partial charge in [0, 0.05) is 12.6 Å². The smallest absolute Gasteiger partial charge is 0.0918 e. The van der Waals surface area contributed by atoms with E-state index in [-0.39, 0.29) is 5.60 Å². The molecule has 1 aromatic rings. The van der Waals surface area contributed by atoms with Crippen LogP contribution in [0.25, 0.3) is 0 Å². The molecule has 1 aromatic carbocycles. The molecule has 2 heteroatoms. The van der Waals surface area contributed by atoms with E-state index >= 15 is 0 Å². The molecule has 0 aliphatic carbocycles. The second-order valence-electron chi connectivity index (χ2n) is 5.50. The Balaban J connectivity index is 2.13. The zero-order valence-corrected chi connectivity index (χ0v) is 11.8. The van der Waals surface area contributed by atoms with E-state index in [1.165, 1.54) is 17.5 Å². The summed E-state index contributed by atoms with van der Waals surface area (Å²) in [5.74, 6) is 0. The molecule has 0 spiro atoms. The summed E-state index contributed by atoms with van der Waals surface area (Å²) >= 11 is 0. The number of hydrogen-bond donors (Lipinski definition) is 1. The Morgan fingerprint density at radius 2 is 2.06 bits per heavy atom. The average molecular weight is 247 g/mol. The Hall–Kier alpha value is -0.860. The maximum Gasteiger partial charge on any atom is 0.0918 e. The van der Waals surface area contributed by atoms with Crippen molar-refractivity contribution in [3.05, 3.63) is 35.4 Å². The SMILES string of the molecule is CCCc1ccc(C2(C)CC(NC)CCO2)cc1. The average Bonchev–Trinajstić information content (AvgIpc) is 2.40. The summed E-state index contributed by atoms with van der Waals surface area (Å²) in [4.78, 5) is 0. The zero-order chi connectivity index (χ0) is 13.0. The molecule has 2 rings (SSSR count). The largest absolute Gasteiger partial charge is 0.370 e. The predicted molar refractivity (Wildman–Crippen MR) is 75.8 cm³/mol. The summed E-state index contributed by atoms with van der Waals surface area (Å²) in [5.41, 5.74) is 2.60. The van der Waals surface area contributed by atoms with Crippen LogP contribution >= 0.6 is 0 Å². The van der Waals surface area contributed by atoms with E-state index < -0.39 is 0 Å². The summed E-state index contributed by atoms with van der Waals surface area (Å²) in [5, 5.41) is 3.38. The fourth-order valence-electron chi connectivity index (χ4n) is 2.82. The van der Waals surface area contributed by atoms with Crippen LogP contribution < -0.4 is 5.32 Å². The molecule has 1 N–H and O–H groups in total. The molecule has 100 valence electrons. The minimum Gasteiger partial charge on any atom is -0.370 e. The fraction of sp³-hybridized carbons (Fsp3) is 0.625. The molecule has 0 saturated carbocycles. The monoisotopic (exact) mass is 247 g/mol. The highest BCUT2D eigenvalue weighted by atomic mass is 16.5. The normalized spacial score (nSPS) is 28.3. The van der Waals surface area contributed by atoms with E-state index in [2.05, 4.69) is 43.4 Å². The van der Waals surface area contributed by atoms with Crippen molar-refractivity contribution in [2.45, 2.75) is 51.2 Å². The first-order valence-electron chi connectivity index (χ1n) is 7.08. The maximum atomic E-state index is 6.04. The molecule has 0 aromatic heterocycles. The van der Waals surface area contributed by atoms with Gasteiger partial charge in [-0.05, 0) is 44.4 Å². The second kappa shape index (κ2) is 5.85. The number of nitrogens with one attached hydrogen (secondary N) is 1. The van der Waals surface area contributed by atoms with E-state index in [9.17, 15) is 0 Å². The van der Waals surface area contributed by atoms with E-state index in [4.69, 9.17) is 4.74 Å². The molecule has 1 saturated heterocycles. The first-order valence-corrected chi connectivity index (χ1v) is 7.08. The van der Waals surface area contributed by atoms with Crippen molar-refractivity contribution < 1.29 is 4.74 Å². The number of ether oxygens (including phenoxy) is 1. The molecule has 2 atom stereocenters. The van der Waals surface area contributed by atoms with Crippen molar-refractivity contribution in [1.29, 1.82) is 0 Å². The van der Waals surface area contributed by atoms with Crippen molar-refractivity contribution in [3.63, 3.8) is 0 Å².